The highest BCUT2D eigenvalue weighted by Crippen LogP contribution is 2.25. The first-order valence-electron chi connectivity index (χ1n) is 10.4. The highest BCUT2D eigenvalue weighted by atomic mass is 35.5. The molecule has 35 heavy (non-hydrogen) atoms. The molecule has 3 aromatic rings. The number of halogens is 2. The lowest BCUT2D eigenvalue weighted by Crippen LogP contribution is -2.32. The Morgan fingerprint density at radius 3 is 2.46 bits per heavy atom. The Balaban J connectivity index is 1.50. The largest absolute Gasteiger partial charge is 0.482 e. The number of para-hydroxylation sites is 1. The van der Waals surface area contributed by atoms with Gasteiger partial charge in [-0.25, -0.2) is 9.82 Å². The van der Waals surface area contributed by atoms with Crippen LogP contribution in [0.25, 0.3) is 0 Å². The fraction of sp³-hybridized carbons (Fsp3) is 0.120. The standard InChI is InChI=1S/C25H22ClFN4O4/c1-15-7-9-20(16(2)11-15)29-23(32)14-35-22-10-8-17(12-18(22)26)13-28-31-25(34)24(33)30-21-6-4-3-5-19(21)27/h3-13H,14H2,1-2H3,(H,29,32)(H,30,33)(H,31,34)/b28-13-. The average Bonchev–Trinajstić information content (AvgIpc) is 2.81. The van der Waals surface area contributed by atoms with Crippen LogP contribution in [-0.2, 0) is 14.4 Å². The van der Waals surface area contributed by atoms with E-state index in [1.165, 1.54) is 30.5 Å². The molecule has 3 amide bonds. The number of nitrogens with zero attached hydrogens (tertiary/aromatic N) is 1. The van der Waals surface area contributed by atoms with Crippen molar-refractivity contribution in [2.45, 2.75) is 13.8 Å². The molecule has 0 aliphatic heterocycles. The van der Waals surface area contributed by atoms with E-state index in [0.29, 0.717) is 11.3 Å². The normalized spacial score (nSPS) is 10.6. The quantitative estimate of drug-likeness (QED) is 0.259. The SMILES string of the molecule is Cc1ccc(NC(=O)COc2ccc(/C=N\NC(=O)C(=O)Nc3ccccc3F)cc2Cl)c(C)c1. The molecule has 0 aliphatic rings. The van der Waals surface area contributed by atoms with Crippen molar-refractivity contribution in [3.63, 3.8) is 0 Å². The minimum Gasteiger partial charge on any atom is -0.482 e. The van der Waals surface area contributed by atoms with Crippen molar-refractivity contribution >= 4 is 46.9 Å². The van der Waals surface area contributed by atoms with Gasteiger partial charge in [-0.15, -0.1) is 0 Å². The van der Waals surface area contributed by atoms with Crippen LogP contribution in [0.15, 0.2) is 65.8 Å². The van der Waals surface area contributed by atoms with Crippen LogP contribution in [0.1, 0.15) is 16.7 Å². The fourth-order valence-electron chi connectivity index (χ4n) is 2.96. The van der Waals surface area contributed by atoms with Crippen LogP contribution >= 0.6 is 11.6 Å². The van der Waals surface area contributed by atoms with Crippen LogP contribution in [0.5, 0.6) is 5.75 Å². The summed E-state index contributed by atoms with van der Waals surface area (Å²) in [6, 6.07) is 15.8. The van der Waals surface area contributed by atoms with E-state index in [1.807, 2.05) is 37.5 Å². The predicted octanol–water partition coefficient (Wildman–Crippen LogP) is 4.20. The van der Waals surface area contributed by atoms with E-state index in [4.69, 9.17) is 16.3 Å². The molecule has 3 aromatic carbocycles. The van der Waals surface area contributed by atoms with Gasteiger partial charge in [0.15, 0.2) is 6.61 Å². The Morgan fingerprint density at radius 2 is 1.74 bits per heavy atom. The summed E-state index contributed by atoms with van der Waals surface area (Å²) in [4.78, 5) is 35.9. The lowest BCUT2D eigenvalue weighted by Gasteiger charge is -2.11. The maximum absolute atomic E-state index is 13.6. The third-order valence-corrected chi connectivity index (χ3v) is 4.97. The minimum absolute atomic E-state index is 0.123. The number of benzene rings is 3. The number of anilines is 2. The van der Waals surface area contributed by atoms with Crippen molar-refractivity contribution < 1.29 is 23.5 Å². The first-order chi connectivity index (χ1) is 16.7. The molecular formula is C25H22ClFN4O4. The lowest BCUT2D eigenvalue weighted by atomic mass is 10.1. The van der Waals surface area contributed by atoms with Gasteiger partial charge >= 0.3 is 11.8 Å². The minimum atomic E-state index is -1.08. The number of amides is 3. The molecule has 0 fully saturated rings. The van der Waals surface area contributed by atoms with Crippen LogP contribution in [-0.4, -0.2) is 30.5 Å². The summed E-state index contributed by atoms with van der Waals surface area (Å²) in [5.41, 5.74) is 5.16. The molecule has 0 atom stereocenters. The zero-order valence-electron chi connectivity index (χ0n) is 18.9. The zero-order chi connectivity index (χ0) is 25.4. The van der Waals surface area contributed by atoms with Crippen molar-refractivity contribution in [3.8, 4) is 5.75 Å². The maximum Gasteiger partial charge on any atom is 0.329 e. The Hall–Kier alpha value is -4.24. The van der Waals surface area contributed by atoms with Crippen LogP contribution in [0.3, 0.4) is 0 Å². The number of ether oxygens (including phenoxy) is 1. The highest BCUT2D eigenvalue weighted by Gasteiger charge is 2.14. The Labute approximate surface area is 206 Å². The van der Waals surface area contributed by atoms with Crippen LogP contribution < -0.4 is 20.8 Å². The molecule has 3 rings (SSSR count). The Kier molecular flexibility index (Phi) is 8.53. The molecular weight excluding hydrogens is 475 g/mol. The highest BCUT2D eigenvalue weighted by molar-refractivity contribution is 6.39. The summed E-state index contributed by atoms with van der Waals surface area (Å²) < 4.78 is 19.1. The van der Waals surface area contributed by atoms with Gasteiger partial charge in [0.1, 0.15) is 11.6 Å². The summed E-state index contributed by atoms with van der Waals surface area (Å²) >= 11 is 6.21. The zero-order valence-corrected chi connectivity index (χ0v) is 19.7. The molecule has 0 saturated carbocycles. The third-order valence-electron chi connectivity index (χ3n) is 4.68. The molecule has 0 unspecified atom stereocenters. The molecule has 0 heterocycles. The van der Waals surface area contributed by atoms with E-state index in [9.17, 15) is 18.8 Å². The predicted molar refractivity (Wildman–Crippen MR) is 132 cm³/mol. The van der Waals surface area contributed by atoms with Gasteiger partial charge in [0.25, 0.3) is 5.91 Å². The third kappa shape index (κ3) is 7.38. The molecule has 0 aromatic heterocycles. The Morgan fingerprint density at radius 1 is 0.971 bits per heavy atom. The number of hydrazone groups is 1. The number of aryl methyl sites for hydroxylation is 2. The lowest BCUT2D eigenvalue weighted by molar-refractivity contribution is -0.136. The summed E-state index contributed by atoms with van der Waals surface area (Å²) in [6.07, 6.45) is 1.26. The van der Waals surface area contributed by atoms with E-state index < -0.39 is 17.6 Å². The maximum atomic E-state index is 13.6. The average molecular weight is 497 g/mol. The number of nitrogens with one attached hydrogen (secondary N) is 3. The Bertz CT molecular complexity index is 1300. The van der Waals surface area contributed by atoms with Crippen molar-refractivity contribution in [1.82, 2.24) is 5.43 Å². The van der Waals surface area contributed by atoms with Gasteiger partial charge in [0.05, 0.1) is 16.9 Å². The van der Waals surface area contributed by atoms with Gasteiger partial charge < -0.3 is 15.4 Å². The molecule has 8 nitrogen and oxygen atoms in total. The molecule has 0 radical (unpaired) electrons. The second-order valence-corrected chi connectivity index (χ2v) is 7.89. The number of hydrogen-bond acceptors (Lipinski definition) is 5. The molecule has 0 bridgehead atoms. The van der Waals surface area contributed by atoms with Crippen molar-refractivity contribution in [2.75, 3.05) is 17.2 Å². The second-order valence-electron chi connectivity index (χ2n) is 7.48. The topological polar surface area (TPSA) is 109 Å². The van der Waals surface area contributed by atoms with Gasteiger partial charge in [0.2, 0.25) is 0 Å². The summed E-state index contributed by atoms with van der Waals surface area (Å²) in [7, 11) is 0. The van der Waals surface area contributed by atoms with E-state index in [-0.39, 0.29) is 29.0 Å². The van der Waals surface area contributed by atoms with E-state index in [2.05, 4.69) is 15.7 Å². The van der Waals surface area contributed by atoms with Crippen LogP contribution in [0.2, 0.25) is 5.02 Å². The molecule has 180 valence electrons. The second kappa shape index (κ2) is 11.8. The number of carbonyl (C=O) groups is 3. The molecule has 3 N–H and O–H groups in total. The van der Waals surface area contributed by atoms with E-state index in [0.717, 1.165) is 17.2 Å². The van der Waals surface area contributed by atoms with E-state index in [1.54, 1.807) is 12.1 Å². The van der Waals surface area contributed by atoms with Gasteiger partial charge in [-0.2, -0.15) is 5.10 Å². The van der Waals surface area contributed by atoms with Crippen LogP contribution in [0, 0.1) is 19.7 Å². The summed E-state index contributed by atoms with van der Waals surface area (Å²) in [5.74, 6) is -2.88. The smallest absolute Gasteiger partial charge is 0.329 e. The number of rotatable bonds is 7. The first-order valence-corrected chi connectivity index (χ1v) is 10.8. The number of hydrogen-bond donors (Lipinski definition) is 3. The molecule has 0 saturated heterocycles. The van der Waals surface area contributed by atoms with Crippen molar-refractivity contribution in [3.05, 3.63) is 88.2 Å². The first kappa shape index (κ1) is 25.4. The van der Waals surface area contributed by atoms with Gasteiger partial charge in [-0.1, -0.05) is 41.4 Å². The monoisotopic (exact) mass is 496 g/mol. The van der Waals surface area contributed by atoms with Gasteiger partial charge in [-0.05, 0) is 61.4 Å². The van der Waals surface area contributed by atoms with Crippen LogP contribution in [0.4, 0.5) is 15.8 Å². The molecule has 10 heteroatoms. The van der Waals surface area contributed by atoms with Crippen molar-refractivity contribution in [1.29, 1.82) is 0 Å². The molecule has 0 aliphatic carbocycles. The molecule has 0 spiro atoms. The van der Waals surface area contributed by atoms with Gasteiger partial charge in [-0.3, -0.25) is 14.4 Å². The fourth-order valence-corrected chi connectivity index (χ4v) is 3.20. The van der Waals surface area contributed by atoms with Gasteiger partial charge in [0, 0.05) is 5.69 Å². The van der Waals surface area contributed by atoms with E-state index >= 15 is 0 Å². The summed E-state index contributed by atoms with van der Waals surface area (Å²) in [5, 5.41) is 8.84. The van der Waals surface area contributed by atoms with Crippen molar-refractivity contribution in [2.24, 2.45) is 5.10 Å². The summed E-state index contributed by atoms with van der Waals surface area (Å²) in [6.45, 7) is 3.63. The number of carbonyl (C=O) groups excluding carboxylic acids is 3.